The van der Waals surface area contributed by atoms with Gasteiger partial charge in [0.05, 0.1) is 18.4 Å². The number of nitrogens with zero attached hydrogens (tertiary/aromatic N) is 3. The first-order valence-corrected chi connectivity index (χ1v) is 9.93. The number of carbonyl (C=O) groups is 1. The van der Waals surface area contributed by atoms with E-state index in [1.807, 2.05) is 59.5 Å². The summed E-state index contributed by atoms with van der Waals surface area (Å²) in [5.74, 6) is 1.79. The van der Waals surface area contributed by atoms with E-state index in [2.05, 4.69) is 31.0 Å². The Hall–Kier alpha value is -2.80. The molecule has 0 spiro atoms. The minimum atomic E-state index is 0.0630. The third-order valence-corrected chi connectivity index (χ3v) is 5.65. The molecule has 1 fully saturated rings. The van der Waals surface area contributed by atoms with Gasteiger partial charge in [0.1, 0.15) is 5.75 Å². The number of rotatable bonds is 4. The molecule has 3 aromatic rings. The fourth-order valence-corrected chi connectivity index (χ4v) is 3.79. The third kappa shape index (κ3) is 3.75. The van der Waals surface area contributed by atoms with Crippen molar-refractivity contribution >= 4 is 27.7 Å². The lowest BCUT2D eigenvalue weighted by Crippen LogP contribution is -2.49. The number of carbonyl (C=O) groups excluding carboxylic acids is 1. The second-order valence-electron chi connectivity index (χ2n) is 6.63. The number of nitrogens with one attached hydrogen (secondary N) is 1. The minimum absolute atomic E-state index is 0.0630. The maximum absolute atomic E-state index is 12.8. The Balaban J connectivity index is 1.41. The summed E-state index contributed by atoms with van der Waals surface area (Å²) >= 11 is 3.47. The Kier molecular flexibility index (Phi) is 5.34. The molecule has 7 heteroatoms. The van der Waals surface area contributed by atoms with E-state index in [-0.39, 0.29) is 5.91 Å². The van der Waals surface area contributed by atoms with Gasteiger partial charge in [-0.05, 0) is 57.9 Å². The van der Waals surface area contributed by atoms with Gasteiger partial charge in [0.25, 0.3) is 5.91 Å². The van der Waals surface area contributed by atoms with E-state index in [1.54, 1.807) is 7.11 Å². The molecule has 28 heavy (non-hydrogen) atoms. The Labute approximate surface area is 172 Å². The third-order valence-electron chi connectivity index (χ3n) is 4.96. The highest BCUT2D eigenvalue weighted by atomic mass is 79.9. The molecule has 1 amide bonds. The molecule has 2 heterocycles. The van der Waals surface area contributed by atoms with Crippen LogP contribution in [0.25, 0.3) is 11.3 Å². The van der Waals surface area contributed by atoms with Crippen molar-refractivity contribution in [2.45, 2.75) is 0 Å². The van der Waals surface area contributed by atoms with Gasteiger partial charge in [0.15, 0.2) is 5.82 Å². The Bertz CT molecular complexity index is 963. The predicted molar refractivity (Wildman–Crippen MR) is 113 cm³/mol. The van der Waals surface area contributed by atoms with Gasteiger partial charge in [-0.3, -0.25) is 9.89 Å². The summed E-state index contributed by atoms with van der Waals surface area (Å²) < 4.78 is 6.04. The van der Waals surface area contributed by atoms with Crippen LogP contribution in [0.15, 0.2) is 59.1 Å². The van der Waals surface area contributed by atoms with E-state index in [0.29, 0.717) is 18.7 Å². The maximum atomic E-state index is 12.8. The summed E-state index contributed by atoms with van der Waals surface area (Å²) in [7, 11) is 1.66. The number of aromatic nitrogens is 2. The quantitative estimate of drug-likeness (QED) is 0.669. The van der Waals surface area contributed by atoms with Crippen LogP contribution in [0.1, 0.15) is 10.4 Å². The van der Waals surface area contributed by atoms with Crippen LogP contribution in [0, 0.1) is 0 Å². The number of hydrogen-bond donors (Lipinski definition) is 1. The van der Waals surface area contributed by atoms with Crippen molar-refractivity contribution in [2.75, 3.05) is 38.2 Å². The molecule has 0 saturated carbocycles. The van der Waals surface area contributed by atoms with Crippen molar-refractivity contribution in [1.29, 1.82) is 0 Å². The summed E-state index contributed by atoms with van der Waals surface area (Å²) in [6.07, 6.45) is 0. The molecule has 6 nitrogen and oxygen atoms in total. The number of methoxy groups -OCH3 is 1. The lowest BCUT2D eigenvalue weighted by molar-refractivity contribution is 0.0745. The zero-order chi connectivity index (χ0) is 19.5. The summed E-state index contributed by atoms with van der Waals surface area (Å²) in [6.45, 7) is 2.85. The molecule has 144 valence electrons. The van der Waals surface area contributed by atoms with E-state index >= 15 is 0 Å². The van der Waals surface area contributed by atoms with E-state index in [1.165, 1.54) is 0 Å². The van der Waals surface area contributed by atoms with Crippen LogP contribution in [0.2, 0.25) is 0 Å². The molecule has 1 saturated heterocycles. The van der Waals surface area contributed by atoms with E-state index in [9.17, 15) is 4.79 Å². The lowest BCUT2D eigenvalue weighted by atomic mass is 10.1. The first-order chi connectivity index (χ1) is 13.7. The van der Waals surface area contributed by atoms with Gasteiger partial charge < -0.3 is 14.5 Å². The topological polar surface area (TPSA) is 61.5 Å². The van der Waals surface area contributed by atoms with Gasteiger partial charge in [-0.2, -0.15) is 5.10 Å². The number of piperazine rings is 1. The van der Waals surface area contributed by atoms with Crippen LogP contribution < -0.4 is 9.64 Å². The number of amides is 1. The van der Waals surface area contributed by atoms with Crippen molar-refractivity contribution < 1.29 is 9.53 Å². The molecule has 0 radical (unpaired) electrons. The molecular formula is C21H21BrN4O2. The smallest absolute Gasteiger partial charge is 0.255 e. The molecule has 2 aromatic carbocycles. The number of halogens is 1. The van der Waals surface area contributed by atoms with Crippen LogP contribution in [0.4, 0.5) is 5.82 Å². The number of hydrogen-bond acceptors (Lipinski definition) is 4. The number of anilines is 1. The SMILES string of the molecule is COc1ccc(-c2cc(N3CCN(C(=O)c4ccccc4Br)CC3)n[nH]2)cc1. The molecule has 0 aliphatic carbocycles. The summed E-state index contributed by atoms with van der Waals surface area (Å²) in [5, 5.41) is 7.56. The number of benzene rings is 2. The fraction of sp³-hybridized carbons (Fsp3) is 0.238. The number of H-pyrrole nitrogens is 1. The molecule has 0 unspecified atom stereocenters. The number of ether oxygens (including phenoxy) is 1. The average Bonchev–Trinajstić information content (AvgIpc) is 3.24. The van der Waals surface area contributed by atoms with Gasteiger partial charge in [0, 0.05) is 36.7 Å². The monoisotopic (exact) mass is 440 g/mol. The van der Waals surface area contributed by atoms with Gasteiger partial charge in [-0.15, -0.1) is 0 Å². The van der Waals surface area contributed by atoms with Crippen LogP contribution in [0.5, 0.6) is 5.75 Å². The Morgan fingerprint density at radius 3 is 2.46 bits per heavy atom. The highest BCUT2D eigenvalue weighted by Crippen LogP contribution is 2.25. The molecule has 1 aliphatic heterocycles. The molecule has 4 rings (SSSR count). The van der Waals surface area contributed by atoms with Crippen molar-refractivity contribution in [3.05, 3.63) is 64.6 Å². The van der Waals surface area contributed by atoms with Crippen LogP contribution in [-0.2, 0) is 0 Å². The van der Waals surface area contributed by atoms with Crippen molar-refractivity contribution in [2.24, 2.45) is 0 Å². The summed E-state index contributed by atoms with van der Waals surface area (Å²) in [6, 6.07) is 17.5. The predicted octanol–water partition coefficient (Wildman–Crippen LogP) is 3.81. The molecule has 0 atom stereocenters. The lowest BCUT2D eigenvalue weighted by Gasteiger charge is -2.35. The zero-order valence-corrected chi connectivity index (χ0v) is 17.1. The van der Waals surface area contributed by atoms with Crippen LogP contribution >= 0.6 is 15.9 Å². The highest BCUT2D eigenvalue weighted by Gasteiger charge is 2.24. The van der Waals surface area contributed by atoms with E-state index in [4.69, 9.17) is 4.74 Å². The van der Waals surface area contributed by atoms with Gasteiger partial charge in [-0.1, -0.05) is 12.1 Å². The summed E-state index contributed by atoms with van der Waals surface area (Å²) in [5.41, 5.74) is 2.73. The zero-order valence-electron chi connectivity index (χ0n) is 15.6. The van der Waals surface area contributed by atoms with E-state index < -0.39 is 0 Å². The molecule has 1 aliphatic rings. The first kappa shape index (κ1) is 18.6. The summed E-state index contributed by atoms with van der Waals surface area (Å²) in [4.78, 5) is 16.8. The maximum Gasteiger partial charge on any atom is 0.255 e. The Morgan fingerprint density at radius 1 is 1.07 bits per heavy atom. The first-order valence-electron chi connectivity index (χ1n) is 9.14. The minimum Gasteiger partial charge on any atom is -0.497 e. The molecule has 1 aromatic heterocycles. The standard InChI is InChI=1S/C21H21BrN4O2/c1-28-16-8-6-15(7-9-16)19-14-20(24-23-19)25-10-12-26(13-11-25)21(27)17-4-2-3-5-18(17)22/h2-9,14H,10-13H2,1H3,(H,23,24). The Morgan fingerprint density at radius 2 is 1.79 bits per heavy atom. The van der Waals surface area contributed by atoms with Crippen LogP contribution in [-0.4, -0.2) is 54.3 Å². The van der Waals surface area contributed by atoms with Crippen molar-refractivity contribution in [3.8, 4) is 17.0 Å². The van der Waals surface area contributed by atoms with Gasteiger partial charge in [-0.25, -0.2) is 0 Å². The molecule has 1 N–H and O–H groups in total. The largest absolute Gasteiger partial charge is 0.497 e. The number of aromatic amines is 1. The molecular weight excluding hydrogens is 420 g/mol. The fourth-order valence-electron chi connectivity index (χ4n) is 3.34. The second kappa shape index (κ2) is 8.06. The van der Waals surface area contributed by atoms with Crippen molar-refractivity contribution in [3.63, 3.8) is 0 Å². The van der Waals surface area contributed by atoms with Crippen LogP contribution in [0.3, 0.4) is 0 Å². The molecule has 0 bridgehead atoms. The van der Waals surface area contributed by atoms with E-state index in [0.717, 1.165) is 40.4 Å². The second-order valence-corrected chi connectivity index (χ2v) is 7.48. The van der Waals surface area contributed by atoms with Gasteiger partial charge in [0.2, 0.25) is 0 Å². The normalized spacial score (nSPS) is 14.2. The highest BCUT2D eigenvalue weighted by molar-refractivity contribution is 9.10. The van der Waals surface area contributed by atoms with Gasteiger partial charge >= 0.3 is 0 Å². The van der Waals surface area contributed by atoms with Crippen molar-refractivity contribution in [1.82, 2.24) is 15.1 Å². The average molecular weight is 441 g/mol.